The summed E-state index contributed by atoms with van der Waals surface area (Å²) >= 11 is 6.89. The Hall–Kier alpha value is -2.32. The van der Waals surface area contributed by atoms with Crippen molar-refractivity contribution in [3.8, 4) is 0 Å². The highest BCUT2D eigenvalue weighted by Gasteiger charge is 2.41. The van der Waals surface area contributed by atoms with Crippen LogP contribution in [-0.4, -0.2) is 39.8 Å². The van der Waals surface area contributed by atoms with Gasteiger partial charge in [0, 0.05) is 11.1 Å². The lowest BCUT2D eigenvalue weighted by Crippen LogP contribution is -2.54. The Labute approximate surface area is 169 Å². The van der Waals surface area contributed by atoms with Crippen LogP contribution in [0, 0.1) is 0 Å². The minimum absolute atomic E-state index is 0.113. The number of benzene rings is 1. The van der Waals surface area contributed by atoms with Gasteiger partial charge < -0.3 is 9.73 Å². The molecule has 0 unspecified atom stereocenters. The van der Waals surface area contributed by atoms with Crippen molar-refractivity contribution < 1.29 is 18.8 Å². The fourth-order valence-corrected chi connectivity index (χ4v) is 4.69. The average molecular weight is 421 g/mol. The van der Waals surface area contributed by atoms with Gasteiger partial charge in [0.25, 0.3) is 11.1 Å². The van der Waals surface area contributed by atoms with Crippen molar-refractivity contribution in [2.45, 2.75) is 37.8 Å². The molecule has 7 nitrogen and oxygen atoms in total. The maximum Gasteiger partial charge on any atom is 0.289 e. The number of halogens is 1. The molecule has 1 saturated carbocycles. The van der Waals surface area contributed by atoms with E-state index in [1.807, 2.05) is 0 Å². The van der Waals surface area contributed by atoms with E-state index in [2.05, 4.69) is 5.32 Å². The summed E-state index contributed by atoms with van der Waals surface area (Å²) in [4.78, 5) is 50.5. The first-order chi connectivity index (χ1) is 13.4. The smallest absolute Gasteiger partial charge is 0.289 e. The zero-order valence-electron chi connectivity index (χ0n) is 14.8. The molecule has 1 aromatic carbocycles. The SMILES string of the molecule is O=C(N[C@@H]1CCCC[C@H]1N1C(=O)CSC1=O)c1cc(=O)c2cc(Cl)ccc2o1. The fourth-order valence-electron chi connectivity index (χ4n) is 3.75. The number of thioether (sulfide) groups is 1. The average Bonchev–Trinajstić information content (AvgIpc) is 3.01. The molecule has 2 fully saturated rings. The number of hydrogen-bond acceptors (Lipinski definition) is 6. The number of hydrogen-bond donors (Lipinski definition) is 1. The molecule has 2 atom stereocenters. The molecule has 1 saturated heterocycles. The summed E-state index contributed by atoms with van der Waals surface area (Å²) in [5, 5.41) is 3.28. The summed E-state index contributed by atoms with van der Waals surface area (Å²) in [6, 6.07) is 4.99. The molecule has 0 spiro atoms. The highest BCUT2D eigenvalue weighted by Crippen LogP contribution is 2.30. The van der Waals surface area contributed by atoms with E-state index in [0.717, 1.165) is 30.7 Å². The number of fused-ring (bicyclic) bond motifs is 1. The molecule has 2 aliphatic rings. The van der Waals surface area contributed by atoms with Crippen LogP contribution in [0.4, 0.5) is 4.79 Å². The van der Waals surface area contributed by atoms with Gasteiger partial charge in [-0.3, -0.25) is 24.1 Å². The Kier molecular flexibility index (Phi) is 5.16. The van der Waals surface area contributed by atoms with E-state index in [0.29, 0.717) is 23.3 Å². The van der Waals surface area contributed by atoms with Crippen LogP contribution in [0.1, 0.15) is 36.2 Å². The third kappa shape index (κ3) is 3.54. The highest BCUT2D eigenvalue weighted by molar-refractivity contribution is 8.14. The minimum atomic E-state index is -0.544. The molecule has 2 heterocycles. The molecule has 1 aliphatic carbocycles. The molecule has 3 amide bonds. The van der Waals surface area contributed by atoms with Gasteiger partial charge in [-0.1, -0.05) is 36.2 Å². The lowest BCUT2D eigenvalue weighted by atomic mass is 9.89. The molecule has 4 rings (SSSR count). The highest BCUT2D eigenvalue weighted by atomic mass is 35.5. The lowest BCUT2D eigenvalue weighted by molar-refractivity contribution is -0.127. The van der Waals surface area contributed by atoms with Crippen LogP contribution in [0.15, 0.2) is 33.5 Å². The van der Waals surface area contributed by atoms with Crippen LogP contribution in [0.5, 0.6) is 0 Å². The second-order valence-corrected chi connectivity index (χ2v) is 8.23. The number of nitrogens with one attached hydrogen (secondary N) is 1. The number of carbonyl (C=O) groups excluding carboxylic acids is 3. The Morgan fingerprint density at radius 1 is 1.18 bits per heavy atom. The van der Waals surface area contributed by atoms with Gasteiger partial charge in [0.15, 0.2) is 11.2 Å². The van der Waals surface area contributed by atoms with Gasteiger partial charge >= 0.3 is 0 Å². The molecule has 1 aromatic heterocycles. The lowest BCUT2D eigenvalue weighted by Gasteiger charge is -2.36. The summed E-state index contributed by atoms with van der Waals surface area (Å²) in [7, 11) is 0. The maximum atomic E-state index is 12.7. The van der Waals surface area contributed by atoms with E-state index in [4.69, 9.17) is 16.0 Å². The van der Waals surface area contributed by atoms with Crippen molar-refractivity contribution in [1.29, 1.82) is 0 Å². The monoisotopic (exact) mass is 420 g/mol. The van der Waals surface area contributed by atoms with E-state index >= 15 is 0 Å². The molecule has 1 N–H and O–H groups in total. The number of nitrogens with zero attached hydrogens (tertiary/aromatic N) is 1. The van der Waals surface area contributed by atoms with E-state index in [-0.39, 0.29) is 45.8 Å². The van der Waals surface area contributed by atoms with Gasteiger partial charge in [-0.2, -0.15) is 0 Å². The Morgan fingerprint density at radius 3 is 2.71 bits per heavy atom. The number of rotatable bonds is 3. The molecule has 28 heavy (non-hydrogen) atoms. The van der Waals surface area contributed by atoms with Crippen LogP contribution in [0.2, 0.25) is 5.02 Å². The van der Waals surface area contributed by atoms with Gasteiger partial charge in [0.05, 0.1) is 23.2 Å². The van der Waals surface area contributed by atoms with Crippen LogP contribution in [0.3, 0.4) is 0 Å². The maximum absolute atomic E-state index is 12.7. The van der Waals surface area contributed by atoms with Gasteiger partial charge in [-0.15, -0.1) is 0 Å². The predicted octanol–water partition coefficient (Wildman–Crippen LogP) is 3.18. The summed E-state index contributed by atoms with van der Waals surface area (Å²) < 4.78 is 5.58. The minimum Gasteiger partial charge on any atom is -0.451 e. The molecule has 1 aliphatic heterocycles. The summed E-state index contributed by atoms with van der Waals surface area (Å²) in [6.45, 7) is 0. The summed E-state index contributed by atoms with van der Waals surface area (Å²) in [5.41, 5.74) is -0.0982. The molecule has 0 radical (unpaired) electrons. The van der Waals surface area contributed by atoms with E-state index in [1.165, 1.54) is 17.0 Å². The third-order valence-corrected chi connectivity index (χ3v) is 6.15. The number of imide groups is 1. The summed E-state index contributed by atoms with van der Waals surface area (Å²) in [5.74, 6) is -0.747. The summed E-state index contributed by atoms with van der Waals surface area (Å²) in [6.07, 6.45) is 3.05. The van der Waals surface area contributed by atoms with Crippen LogP contribution in [-0.2, 0) is 4.79 Å². The van der Waals surface area contributed by atoms with Crippen molar-refractivity contribution >= 4 is 51.4 Å². The Bertz CT molecular complexity index is 1020. The normalized spacial score (nSPS) is 22.7. The van der Waals surface area contributed by atoms with Gasteiger partial charge in [0.1, 0.15) is 5.58 Å². The van der Waals surface area contributed by atoms with E-state index in [1.54, 1.807) is 6.07 Å². The first-order valence-corrected chi connectivity index (χ1v) is 10.3. The zero-order chi connectivity index (χ0) is 19.8. The zero-order valence-corrected chi connectivity index (χ0v) is 16.3. The predicted molar refractivity (Wildman–Crippen MR) is 106 cm³/mol. The van der Waals surface area contributed by atoms with Crippen LogP contribution in [0.25, 0.3) is 11.0 Å². The molecule has 0 bridgehead atoms. The second-order valence-electron chi connectivity index (χ2n) is 6.87. The van der Waals surface area contributed by atoms with Crippen molar-refractivity contribution in [1.82, 2.24) is 10.2 Å². The van der Waals surface area contributed by atoms with E-state index < -0.39 is 5.91 Å². The first-order valence-electron chi connectivity index (χ1n) is 8.97. The standard InChI is InChI=1S/C19H17ClN2O5S/c20-10-5-6-15-11(7-10)14(23)8-16(27-15)18(25)21-12-3-1-2-4-13(12)22-17(24)9-28-19(22)26/h5-8,12-13H,1-4,9H2,(H,21,25)/t12-,13-/m1/s1. The van der Waals surface area contributed by atoms with E-state index in [9.17, 15) is 19.2 Å². The Balaban J connectivity index is 1.59. The largest absolute Gasteiger partial charge is 0.451 e. The second kappa shape index (κ2) is 7.60. The number of amides is 3. The van der Waals surface area contributed by atoms with Crippen molar-refractivity contribution in [2.75, 3.05) is 5.75 Å². The van der Waals surface area contributed by atoms with Crippen molar-refractivity contribution in [3.63, 3.8) is 0 Å². The Morgan fingerprint density at radius 2 is 1.96 bits per heavy atom. The van der Waals surface area contributed by atoms with Crippen molar-refractivity contribution in [3.05, 3.63) is 45.3 Å². The molecule has 146 valence electrons. The molecule has 9 heteroatoms. The topological polar surface area (TPSA) is 96.7 Å². The molecular weight excluding hydrogens is 404 g/mol. The van der Waals surface area contributed by atoms with Crippen molar-refractivity contribution in [2.24, 2.45) is 0 Å². The molecular formula is C19H17ClN2O5S. The number of carbonyl (C=O) groups is 3. The van der Waals surface area contributed by atoms with Crippen LogP contribution < -0.4 is 10.7 Å². The quantitative estimate of drug-likeness (QED) is 0.819. The first kappa shape index (κ1) is 19.0. The van der Waals surface area contributed by atoms with Gasteiger partial charge in [-0.05, 0) is 31.0 Å². The molecule has 2 aromatic rings. The fraction of sp³-hybridized carbons (Fsp3) is 0.368. The van der Waals surface area contributed by atoms with Crippen LogP contribution >= 0.6 is 23.4 Å². The third-order valence-electron chi connectivity index (χ3n) is 5.08. The van der Waals surface area contributed by atoms with Gasteiger partial charge in [0.2, 0.25) is 5.91 Å². The van der Waals surface area contributed by atoms with Gasteiger partial charge in [-0.25, -0.2) is 0 Å².